The lowest BCUT2D eigenvalue weighted by Crippen LogP contribution is -2.30. The zero-order valence-electron chi connectivity index (χ0n) is 12.2. The Morgan fingerprint density at radius 2 is 2.21 bits per heavy atom. The van der Waals surface area contributed by atoms with Gasteiger partial charge in [0.25, 0.3) is 0 Å². The average Bonchev–Trinajstić information content (AvgIpc) is 3.23. The number of aromatic nitrogens is 1. The van der Waals surface area contributed by atoms with Crippen LogP contribution in [0.1, 0.15) is 32.3 Å². The van der Waals surface area contributed by atoms with Crippen LogP contribution in [0, 0.1) is 0 Å². The summed E-state index contributed by atoms with van der Waals surface area (Å²) in [4.78, 5) is 6.97. The number of nitrogens with zero attached hydrogens (tertiary/aromatic N) is 2. The van der Waals surface area contributed by atoms with Crippen LogP contribution >= 0.6 is 0 Å². The molecule has 0 aromatic carbocycles. The molecular formula is C15H25N3O. The van der Waals surface area contributed by atoms with Crippen molar-refractivity contribution in [2.45, 2.75) is 45.3 Å². The van der Waals surface area contributed by atoms with Crippen molar-refractivity contribution in [3.8, 4) is 0 Å². The Morgan fingerprint density at radius 3 is 2.74 bits per heavy atom. The van der Waals surface area contributed by atoms with E-state index in [1.54, 1.807) is 7.11 Å². The van der Waals surface area contributed by atoms with Gasteiger partial charge in [0, 0.05) is 38.5 Å². The summed E-state index contributed by atoms with van der Waals surface area (Å²) >= 11 is 0. The molecule has 1 aromatic heterocycles. The van der Waals surface area contributed by atoms with E-state index in [9.17, 15) is 0 Å². The highest BCUT2D eigenvalue weighted by molar-refractivity contribution is 5.42. The van der Waals surface area contributed by atoms with Gasteiger partial charge in [0.2, 0.25) is 0 Å². The maximum absolute atomic E-state index is 5.18. The van der Waals surface area contributed by atoms with Crippen LogP contribution in [0.25, 0.3) is 0 Å². The van der Waals surface area contributed by atoms with E-state index in [-0.39, 0.29) is 0 Å². The number of pyridine rings is 1. The van der Waals surface area contributed by atoms with E-state index in [2.05, 4.69) is 41.2 Å². The van der Waals surface area contributed by atoms with E-state index >= 15 is 0 Å². The van der Waals surface area contributed by atoms with Gasteiger partial charge in [0.1, 0.15) is 5.82 Å². The van der Waals surface area contributed by atoms with Gasteiger partial charge in [-0.25, -0.2) is 4.98 Å². The highest BCUT2D eigenvalue weighted by Crippen LogP contribution is 2.30. The quantitative estimate of drug-likeness (QED) is 0.780. The molecule has 1 aliphatic carbocycles. The minimum absolute atomic E-state index is 0.504. The summed E-state index contributed by atoms with van der Waals surface area (Å²) in [5.74, 6) is 1.08. The summed E-state index contributed by atoms with van der Waals surface area (Å²) in [7, 11) is 1.75. The van der Waals surface area contributed by atoms with Gasteiger partial charge in [0.05, 0.1) is 6.61 Å². The number of hydrogen-bond donors (Lipinski definition) is 1. The predicted octanol–water partition coefficient (Wildman–Crippen LogP) is 2.19. The molecule has 19 heavy (non-hydrogen) atoms. The second-order valence-electron chi connectivity index (χ2n) is 5.48. The summed E-state index contributed by atoms with van der Waals surface area (Å²) in [6.45, 7) is 6.88. The molecule has 0 atom stereocenters. The van der Waals surface area contributed by atoms with Crippen LogP contribution in [0.5, 0.6) is 0 Å². The van der Waals surface area contributed by atoms with Gasteiger partial charge in [-0.1, -0.05) is 19.9 Å². The summed E-state index contributed by atoms with van der Waals surface area (Å²) < 4.78 is 5.18. The molecule has 0 radical (unpaired) electrons. The minimum Gasteiger partial charge on any atom is -0.383 e. The summed E-state index contributed by atoms with van der Waals surface area (Å²) in [6, 6.07) is 5.47. The fourth-order valence-electron chi connectivity index (χ4n) is 2.07. The smallest absolute Gasteiger partial charge is 0.128 e. The molecule has 4 heteroatoms. The van der Waals surface area contributed by atoms with Crippen LogP contribution < -0.4 is 10.2 Å². The van der Waals surface area contributed by atoms with Gasteiger partial charge >= 0.3 is 0 Å². The zero-order valence-corrected chi connectivity index (χ0v) is 12.2. The maximum Gasteiger partial charge on any atom is 0.128 e. The maximum atomic E-state index is 5.18. The fraction of sp³-hybridized carbons (Fsp3) is 0.667. The van der Waals surface area contributed by atoms with Gasteiger partial charge in [-0.05, 0) is 24.5 Å². The van der Waals surface area contributed by atoms with Crippen molar-refractivity contribution >= 4 is 5.82 Å². The lowest BCUT2D eigenvalue weighted by Gasteiger charge is -2.23. The predicted molar refractivity (Wildman–Crippen MR) is 78.5 cm³/mol. The van der Waals surface area contributed by atoms with Gasteiger partial charge in [-0.2, -0.15) is 0 Å². The Morgan fingerprint density at radius 1 is 1.42 bits per heavy atom. The van der Waals surface area contributed by atoms with Crippen molar-refractivity contribution in [3.63, 3.8) is 0 Å². The normalized spacial score (nSPS) is 14.9. The molecule has 0 unspecified atom stereocenters. The van der Waals surface area contributed by atoms with Gasteiger partial charge < -0.3 is 15.0 Å². The molecule has 0 amide bonds. The minimum atomic E-state index is 0.504. The molecule has 1 aromatic rings. The average molecular weight is 263 g/mol. The van der Waals surface area contributed by atoms with Crippen molar-refractivity contribution in [1.82, 2.24) is 10.3 Å². The third-order valence-corrected chi connectivity index (χ3v) is 3.34. The van der Waals surface area contributed by atoms with E-state index in [0.29, 0.717) is 12.1 Å². The number of anilines is 1. The number of rotatable bonds is 8. The zero-order chi connectivity index (χ0) is 13.7. The van der Waals surface area contributed by atoms with Crippen molar-refractivity contribution in [1.29, 1.82) is 0 Å². The van der Waals surface area contributed by atoms with Crippen molar-refractivity contribution in [3.05, 3.63) is 23.9 Å². The molecular weight excluding hydrogens is 238 g/mol. The Balaban J connectivity index is 1.95. The molecule has 4 nitrogen and oxygen atoms in total. The lowest BCUT2D eigenvalue weighted by molar-refractivity contribution is 0.204. The first-order valence-corrected chi connectivity index (χ1v) is 7.14. The van der Waals surface area contributed by atoms with Crippen molar-refractivity contribution in [2.24, 2.45) is 0 Å². The first-order chi connectivity index (χ1) is 9.20. The highest BCUT2D eigenvalue weighted by Gasteiger charge is 2.29. The van der Waals surface area contributed by atoms with Crippen LogP contribution in [0.2, 0.25) is 0 Å². The molecule has 0 saturated heterocycles. The summed E-state index contributed by atoms with van der Waals surface area (Å²) in [6.07, 6.45) is 4.54. The second kappa shape index (κ2) is 6.87. The second-order valence-corrected chi connectivity index (χ2v) is 5.48. The number of hydrogen-bond acceptors (Lipinski definition) is 4. The van der Waals surface area contributed by atoms with Crippen molar-refractivity contribution < 1.29 is 4.74 Å². The summed E-state index contributed by atoms with van der Waals surface area (Å²) in [5.41, 5.74) is 1.24. The molecule has 1 N–H and O–H groups in total. The molecule has 0 aliphatic heterocycles. The third-order valence-electron chi connectivity index (χ3n) is 3.34. The van der Waals surface area contributed by atoms with Crippen LogP contribution in [-0.2, 0) is 11.3 Å². The molecule has 1 saturated carbocycles. The summed E-state index contributed by atoms with van der Waals surface area (Å²) in [5, 5.41) is 3.41. The highest BCUT2D eigenvalue weighted by atomic mass is 16.5. The monoisotopic (exact) mass is 263 g/mol. The van der Waals surface area contributed by atoms with Crippen LogP contribution in [0.15, 0.2) is 18.3 Å². The van der Waals surface area contributed by atoms with Crippen LogP contribution in [-0.4, -0.2) is 37.3 Å². The topological polar surface area (TPSA) is 37.4 Å². The van der Waals surface area contributed by atoms with E-state index in [1.165, 1.54) is 18.4 Å². The molecule has 0 bridgehead atoms. The molecule has 1 aliphatic rings. The lowest BCUT2D eigenvalue weighted by atomic mass is 10.2. The number of nitrogens with one attached hydrogen (secondary N) is 1. The third kappa shape index (κ3) is 4.48. The Bertz CT molecular complexity index is 373. The van der Waals surface area contributed by atoms with E-state index in [4.69, 9.17) is 4.74 Å². The largest absolute Gasteiger partial charge is 0.383 e. The van der Waals surface area contributed by atoms with E-state index in [0.717, 1.165) is 25.5 Å². The van der Waals surface area contributed by atoms with E-state index < -0.39 is 0 Å². The Hall–Kier alpha value is -1.13. The van der Waals surface area contributed by atoms with Crippen LogP contribution in [0.3, 0.4) is 0 Å². The van der Waals surface area contributed by atoms with Gasteiger partial charge in [-0.15, -0.1) is 0 Å². The van der Waals surface area contributed by atoms with Gasteiger partial charge in [0.15, 0.2) is 0 Å². The van der Waals surface area contributed by atoms with Crippen LogP contribution in [0.4, 0.5) is 5.82 Å². The Labute approximate surface area is 116 Å². The molecule has 106 valence electrons. The van der Waals surface area contributed by atoms with Crippen molar-refractivity contribution in [2.75, 3.05) is 25.2 Å². The molecule has 2 rings (SSSR count). The van der Waals surface area contributed by atoms with Gasteiger partial charge in [-0.3, -0.25) is 0 Å². The molecule has 1 fully saturated rings. The Kier molecular flexibility index (Phi) is 5.16. The fourth-order valence-corrected chi connectivity index (χ4v) is 2.07. The SMILES string of the molecule is COCCN(c1ccc(CNC(C)C)cn1)C1CC1. The van der Waals surface area contributed by atoms with E-state index in [1.807, 2.05) is 6.20 Å². The number of ether oxygens (including phenoxy) is 1. The number of methoxy groups -OCH3 is 1. The first kappa shape index (κ1) is 14.3. The molecule has 1 heterocycles. The molecule has 0 spiro atoms. The first-order valence-electron chi connectivity index (χ1n) is 7.14. The standard InChI is InChI=1S/C15H25N3O/c1-12(2)16-10-13-4-7-15(17-11-13)18(8-9-19-3)14-5-6-14/h4,7,11-12,14,16H,5-6,8-10H2,1-3H3.